The van der Waals surface area contributed by atoms with Crippen LogP contribution in [-0.2, 0) is 11.3 Å². The minimum Gasteiger partial charge on any atom is -0.755 e. The topological polar surface area (TPSA) is 111 Å². The zero-order valence-electron chi connectivity index (χ0n) is 15.6. The van der Waals surface area contributed by atoms with Crippen LogP contribution in [0.2, 0.25) is 0 Å². The quantitative estimate of drug-likeness (QED) is 0.428. The Morgan fingerprint density at radius 2 is 2.07 bits per heavy atom. The van der Waals surface area contributed by atoms with Gasteiger partial charge in [-0.05, 0) is 6.42 Å². The number of aliphatic imine (C=N–C) groups is 1. The molecule has 1 amide bonds. The molecule has 0 spiro atoms. The van der Waals surface area contributed by atoms with Crippen LogP contribution in [-0.4, -0.2) is 61.8 Å². The van der Waals surface area contributed by atoms with Gasteiger partial charge < -0.3 is 14.4 Å². The van der Waals surface area contributed by atoms with Crippen LogP contribution in [0.1, 0.15) is 16.9 Å². The molecule has 148 valence electrons. The Morgan fingerprint density at radius 1 is 1.32 bits per heavy atom. The van der Waals surface area contributed by atoms with Crippen LogP contribution in [0.5, 0.6) is 0 Å². The van der Waals surface area contributed by atoms with Crippen molar-refractivity contribution < 1.29 is 22.6 Å². The van der Waals surface area contributed by atoms with Gasteiger partial charge in [-0.3, -0.25) is 9.00 Å². The van der Waals surface area contributed by atoms with E-state index in [1.54, 1.807) is 18.5 Å². The predicted molar refractivity (Wildman–Crippen MR) is 103 cm³/mol. The summed E-state index contributed by atoms with van der Waals surface area (Å²) in [6, 6.07) is 10.9. The third kappa shape index (κ3) is 4.53. The van der Waals surface area contributed by atoms with Crippen LogP contribution in [0.15, 0.2) is 58.3 Å². The van der Waals surface area contributed by atoms with Gasteiger partial charge in [0, 0.05) is 24.7 Å². The van der Waals surface area contributed by atoms with Crippen molar-refractivity contribution in [3.8, 4) is 11.3 Å². The Kier molecular flexibility index (Phi) is 6.02. The van der Waals surface area contributed by atoms with Gasteiger partial charge in [-0.25, -0.2) is 8.79 Å². The number of nitrogens with zero attached hydrogens (tertiary/aromatic N) is 4. The summed E-state index contributed by atoms with van der Waals surface area (Å²) < 4.78 is 29.8. The lowest BCUT2D eigenvalue weighted by Gasteiger charge is -2.31. The number of rotatable bonds is 7. The SMILES string of the molecule is C[N+]1(C)C=CN=C1N(CCCNC(=O)c1cc(-c2ccccc2)on1)S(=O)[O-]. The van der Waals surface area contributed by atoms with Gasteiger partial charge in [-0.1, -0.05) is 35.5 Å². The van der Waals surface area contributed by atoms with Crippen LogP contribution < -0.4 is 5.32 Å². The molecule has 0 fully saturated rings. The molecule has 9 nitrogen and oxygen atoms in total. The normalized spacial score (nSPS) is 15.9. The molecule has 0 radical (unpaired) electrons. The summed E-state index contributed by atoms with van der Waals surface area (Å²) in [6.07, 6.45) is 3.78. The second-order valence-electron chi connectivity index (χ2n) is 6.64. The standard InChI is InChI=1S/C18H21N5O4S/c1-23(2)12-10-20-18(23)22(28(25)26)11-6-9-19-17(24)15-13-16(27-21-15)14-7-4-3-5-8-14/h3-5,7-8,10,12-13H,6,9,11H2,1-2H3,(H-,19,24,25,26). The predicted octanol–water partition coefficient (Wildman–Crippen LogP) is 1.47. The molecule has 0 saturated carbocycles. The number of carbonyl (C=O) groups is 1. The van der Waals surface area contributed by atoms with Crippen molar-refractivity contribution in [3.63, 3.8) is 0 Å². The summed E-state index contributed by atoms with van der Waals surface area (Å²) in [5.41, 5.74) is 1.000. The number of nitrogens with one attached hydrogen (secondary N) is 1. The van der Waals surface area contributed by atoms with Crippen molar-refractivity contribution in [1.29, 1.82) is 0 Å². The van der Waals surface area contributed by atoms with E-state index in [1.165, 1.54) is 4.31 Å². The zero-order chi connectivity index (χ0) is 20.1. The van der Waals surface area contributed by atoms with Gasteiger partial charge in [0.2, 0.25) is 0 Å². The second-order valence-corrected chi connectivity index (χ2v) is 7.51. The summed E-state index contributed by atoms with van der Waals surface area (Å²) in [4.78, 5) is 16.4. The highest BCUT2D eigenvalue weighted by Gasteiger charge is 2.31. The fourth-order valence-electron chi connectivity index (χ4n) is 2.71. The molecule has 1 unspecified atom stereocenters. The van der Waals surface area contributed by atoms with E-state index >= 15 is 0 Å². The average molecular weight is 403 g/mol. The van der Waals surface area contributed by atoms with Gasteiger partial charge in [0.15, 0.2) is 11.5 Å². The minimum absolute atomic E-state index is 0.172. The Morgan fingerprint density at radius 3 is 2.71 bits per heavy atom. The van der Waals surface area contributed by atoms with Crippen LogP contribution in [0.25, 0.3) is 11.3 Å². The van der Waals surface area contributed by atoms with E-state index in [0.29, 0.717) is 18.1 Å². The van der Waals surface area contributed by atoms with Crippen LogP contribution in [0.4, 0.5) is 0 Å². The van der Waals surface area contributed by atoms with Gasteiger partial charge in [-0.2, -0.15) is 4.99 Å². The molecule has 2 aromatic rings. The first-order chi connectivity index (χ1) is 13.4. The van der Waals surface area contributed by atoms with Crippen molar-refractivity contribution >= 4 is 23.1 Å². The molecule has 0 bridgehead atoms. The first-order valence-electron chi connectivity index (χ1n) is 8.65. The van der Waals surface area contributed by atoms with Gasteiger partial charge in [-0.15, -0.1) is 0 Å². The highest BCUT2D eigenvalue weighted by Crippen LogP contribution is 2.19. The van der Waals surface area contributed by atoms with Gasteiger partial charge in [0.1, 0.15) is 6.20 Å². The Hall–Kier alpha value is -2.82. The number of hydrogen-bond donors (Lipinski definition) is 1. The largest absolute Gasteiger partial charge is 0.755 e. The van der Waals surface area contributed by atoms with Crippen LogP contribution in [0.3, 0.4) is 0 Å². The number of benzene rings is 1. The van der Waals surface area contributed by atoms with Crippen molar-refractivity contribution in [2.45, 2.75) is 6.42 Å². The second kappa shape index (κ2) is 8.46. The molecular weight excluding hydrogens is 382 g/mol. The van der Waals surface area contributed by atoms with Crippen LogP contribution in [0, 0.1) is 0 Å². The van der Waals surface area contributed by atoms with E-state index in [9.17, 15) is 13.6 Å². The molecule has 3 rings (SSSR count). The van der Waals surface area contributed by atoms with Crippen molar-refractivity contribution in [2.75, 3.05) is 27.2 Å². The summed E-state index contributed by atoms with van der Waals surface area (Å²) in [5.74, 6) is 0.533. The number of amides is 1. The van der Waals surface area contributed by atoms with E-state index in [4.69, 9.17) is 4.52 Å². The molecule has 10 heteroatoms. The molecule has 1 aromatic carbocycles. The first kappa shape index (κ1) is 19.9. The molecule has 0 aliphatic carbocycles. The van der Waals surface area contributed by atoms with Gasteiger partial charge in [0.25, 0.3) is 5.91 Å². The van der Waals surface area contributed by atoms with Crippen molar-refractivity contribution in [2.24, 2.45) is 4.99 Å². The lowest BCUT2D eigenvalue weighted by molar-refractivity contribution is -0.745. The number of guanidine groups is 1. The van der Waals surface area contributed by atoms with E-state index < -0.39 is 11.3 Å². The molecule has 1 aliphatic rings. The number of aromatic nitrogens is 1. The number of carbonyl (C=O) groups excluding carboxylic acids is 1. The fourth-order valence-corrected chi connectivity index (χ4v) is 3.38. The third-order valence-corrected chi connectivity index (χ3v) is 4.88. The van der Waals surface area contributed by atoms with E-state index in [1.807, 2.05) is 44.4 Å². The molecule has 1 atom stereocenters. The summed E-state index contributed by atoms with van der Waals surface area (Å²) >= 11 is -2.45. The number of quaternary nitrogens is 1. The smallest absolute Gasteiger partial charge is 0.320 e. The number of hydrogen-bond acceptors (Lipinski definition) is 6. The molecular formula is C18H21N5O4S. The molecule has 1 N–H and O–H groups in total. The first-order valence-corrected chi connectivity index (χ1v) is 9.68. The Bertz CT molecular complexity index is 923. The van der Waals surface area contributed by atoms with Crippen LogP contribution >= 0.6 is 0 Å². The van der Waals surface area contributed by atoms with E-state index in [2.05, 4.69) is 15.5 Å². The maximum atomic E-state index is 12.2. The maximum Gasteiger partial charge on any atom is 0.320 e. The van der Waals surface area contributed by atoms with Crippen molar-refractivity contribution in [3.05, 3.63) is 54.5 Å². The van der Waals surface area contributed by atoms with E-state index in [-0.39, 0.29) is 29.2 Å². The Labute approximate surface area is 165 Å². The van der Waals surface area contributed by atoms with E-state index in [0.717, 1.165) is 5.56 Å². The highest BCUT2D eigenvalue weighted by atomic mass is 32.2. The van der Waals surface area contributed by atoms with Crippen molar-refractivity contribution in [1.82, 2.24) is 14.8 Å². The average Bonchev–Trinajstić information content (AvgIpc) is 3.29. The summed E-state index contributed by atoms with van der Waals surface area (Å²) in [6.45, 7) is 0.487. The molecule has 1 aromatic heterocycles. The minimum atomic E-state index is -2.45. The van der Waals surface area contributed by atoms with Gasteiger partial charge >= 0.3 is 5.96 Å². The highest BCUT2D eigenvalue weighted by molar-refractivity contribution is 7.77. The molecule has 1 aliphatic heterocycles. The zero-order valence-corrected chi connectivity index (χ0v) is 16.4. The lowest BCUT2D eigenvalue weighted by atomic mass is 10.1. The van der Waals surface area contributed by atoms with Gasteiger partial charge in [0.05, 0.1) is 31.6 Å². The fraction of sp³-hybridized carbons (Fsp3) is 0.278. The summed E-state index contributed by atoms with van der Waals surface area (Å²) in [7, 11) is 3.66. The maximum absolute atomic E-state index is 12.2. The molecule has 0 saturated heterocycles. The summed E-state index contributed by atoms with van der Waals surface area (Å²) in [5, 5.41) is 6.51. The Balaban J connectivity index is 1.51. The molecule has 28 heavy (non-hydrogen) atoms. The third-order valence-electron chi connectivity index (χ3n) is 4.17. The lowest BCUT2D eigenvalue weighted by Crippen LogP contribution is -2.50. The monoisotopic (exact) mass is 403 g/mol. The molecule has 2 heterocycles.